The van der Waals surface area contributed by atoms with Crippen LogP contribution in [0.15, 0.2) is 11.6 Å². The Balaban J connectivity index is 1.99. The molecule has 1 fully saturated rings. The summed E-state index contributed by atoms with van der Waals surface area (Å²) in [6.07, 6.45) is 5.59. The van der Waals surface area contributed by atoms with Gasteiger partial charge in [0.2, 0.25) is 0 Å². The third kappa shape index (κ3) is 5.12. The van der Waals surface area contributed by atoms with Crippen molar-refractivity contribution in [3.8, 4) is 11.8 Å². The van der Waals surface area contributed by atoms with E-state index in [0.717, 1.165) is 31.3 Å². The Kier molecular flexibility index (Phi) is 5.82. The van der Waals surface area contributed by atoms with E-state index in [4.69, 9.17) is 9.16 Å². The fourth-order valence-electron chi connectivity index (χ4n) is 3.64. The van der Waals surface area contributed by atoms with E-state index in [-0.39, 0.29) is 23.8 Å². The zero-order chi connectivity index (χ0) is 18.0. The molecule has 0 spiro atoms. The largest absolute Gasteiger partial charge is 0.450 e. The molecular formula is C19H31NO3Si. The van der Waals surface area contributed by atoms with Gasteiger partial charge in [-0.2, -0.15) is 0 Å². The molecule has 0 aromatic carbocycles. The number of carbonyl (C=O) groups is 1. The van der Waals surface area contributed by atoms with E-state index in [1.165, 1.54) is 0 Å². The van der Waals surface area contributed by atoms with Gasteiger partial charge in [-0.3, -0.25) is 4.90 Å². The van der Waals surface area contributed by atoms with Crippen LogP contribution in [-0.2, 0) is 9.16 Å². The molecule has 0 unspecified atom stereocenters. The summed E-state index contributed by atoms with van der Waals surface area (Å²) < 4.78 is 11.4. The van der Waals surface area contributed by atoms with Crippen LogP contribution in [-0.4, -0.2) is 43.6 Å². The molecule has 1 amide bonds. The van der Waals surface area contributed by atoms with Crippen molar-refractivity contribution in [2.24, 2.45) is 0 Å². The minimum absolute atomic E-state index is 0.151. The lowest BCUT2D eigenvalue weighted by Crippen LogP contribution is -2.43. The van der Waals surface area contributed by atoms with E-state index >= 15 is 0 Å². The van der Waals surface area contributed by atoms with E-state index in [0.29, 0.717) is 6.61 Å². The van der Waals surface area contributed by atoms with Gasteiger partial charge in [0.05, 0.1) is 18.2 Å². The fraction of sp³-hybridized carbons (Fsp3) is 0.737. The molecule has 2 heterocycles. The molecule has 1 saturated heterocycles. The van der Waals surface area contributed by atoms with Crippen LogP contribution >= 0.6 is 0 Å². The van der Waals surface area contributed by atoms with Gasteiger partial charge in [0.15, 0.2) is 8.32 Å². The van der Waals surface area contributed by atoms with Crippen LogP contribution in [0, 0.1) is 11.8 Å². The van der Waals surface area contributed by atoms with Gasteiger partial charge in [-0.25, -0.2) is 4.79 Å². The van der Waals surface area contributed by atoms with E-state index in [1.54, 1.807) is 0 Å². The Morgan fingerprint density at radius 3 is 2.67 bits per heavy atom. The Labute approximate surface area is 147 Å². The summed E-state index contributed by atoms with van der Waals surface area (Å²) in [5.41, 5.74) is 0.953. The maximum absolute atomic E-state index is 12.1. The maximum Gasteiger partial charge on any atom is 0.410 e. The molecule has 0 N–H and O–H groups in total. The average Bonchev–Trinajstić information content (AvgIpc) is 2.68. The van der Waals surface area contributed by atoms with Crippen LogP contribution in [0.1, 0.15) is 46.5 Å². The Bertz CT molecular complexity index is 565. The molecule has 2 aliphatic rings. The minimum Gasteiger partial charge on any atom is -0.450 e. The minimum atomic E-state index is -1.56. The van der Waals surface area contributed by atoms with Crippen LogP contribution in [0.25, 0.3) is 0 Å². The second kappa shape index (κ2) is 7.33. The second-order valence-electron chi connectivity index (χ2n) is 8.25. The van der Waals surface area contributed by atoms with Crippen LogP contribution in [0.2, 0.25) is 19.6 Å². The van der Waals surface area contributed by atoms with Gasteiger partial charge < -0.3 is 9.16 Å². The number of nitrogens with zero attached hydrogens (tertiary/aromatic N) is 1. The monoisotopic (exact) mass is 349 g/mol. The standard InChI is InChI=1S/C19H31NO3Si/c1-7-22-18(21)20-16-10-11-17(20)14-15(13-16)9-8-12-19(2,3)23-24(4,5)6/h13,16-17H,7,10-12,14H2,1-6H3/t16-,17+/m0/s1. The maximum atomic E-state index is 12.1. The highest BCUT2D eigenvalue weighted by Crippen LogP contribution is 2.35. The zero-order valence-corrected chi connectivity index (χ0v) is 16.9. The molecule has 4 nitrogen and oxygen atoms in total. The van der Waals surface area contributed by atoms with Crippen LogP contribution in [0.4, 0.5) is 4.79 Å². The van der Waals surface area contributed by atoms with E-state index < -0.39 is 8.32 Å². The summed E-state index contributed by atoms with van der Waals surface area (Å²) in [5, 5.41) is 0. The highest BCUT2D eigenvalue weighted by atomic mass is 28.4. The smallest absolute Gasteiger partial charge is 0.410 e. The summed E-state index contributed by atoms with van der Waals surface area (Å²) in [7, 11) is -1.56. The normalized spacial score (nSPS) is 23.4. The molecule has 2 rings (SSSR count). The van der Waals surface area contributed by atoms with Crippen molar-refractivity contribution in [3.63, 3.8) is 0 Å². The van der Waals surface area contributed by atoms with Crippen molar-refractivity contribution in [2.45, 2.75) is 83.8 Å². The lowest BCUT2D eigenvalue weighted by molar-refractivity contribution is 0.0920. The van der Waals surface area contributed by atoms with Crippen molar-refractivity contribution in [3.05, 3.63) is 11.6 Å². The molecule has 0 saturated carbocycles. The number of fused-ring (bicyclic) bond motifs is 2. The summed E-state index contributed by atoms with van der Waals surface area (Å²) >= 11 is 0. The van der Waals surface area contributed by atoms with Gasteiger partial charge in [0, 0.05) is 24.5 Å². The first-order valence-corrected chi connectivity index (χ1v) is 12.4. The van der Waals surface area contributed by atoms with E-state index in [9.17, 15) is 4.79 Å². The topological polar surface area (TPSA) is 38.8 Å². The quantitative estimate of drug-likeness (QED) is 0.560. The zero-order valence-electron chi connectivity index (χ0n) is 15.9. The van der Waals surface area contributed by atoms with E-state index in [2.05, 4.69) is 51.4 Å². The highest BCUT2D eigenvalue weighted by Gasteiger charge is 2.40. The number of carbonyl (C=O) groups excluding carboxylic acids is 1. The molecule has 0 aromatic heterocycles. The summed E-state index contributed by atoms with van der Waals surface area (Å²) in [5.74, 6) is 6.62. The number of hydrogen-bond donors (Lipinski definition) is 0. The molecule has 5 heteroatoms. The first-order chi connectivity index (χ1) is 11.1. The molecular weight excluding hydrogens is 318 g/mol. The first-order valence-electron chi connectivity index (χ1n) is 8.96. The summed E-state index contributed by atoms with van der Waals surface area (Å²) in [6, 6.07) is 0.396. The van der Waals surface area contributed by atoms with Crippen molar-refractivity contribution >= 4 is 14.4 Å². The Morgan fingerprint density at radius 2 is 2.08 bits per heavy atom. The van der Waals surface area contributed by atoms with Gasteiger partial charge >= 0.3 is 6.09 Å². The molecule has 134 valence electrons. The molecule has 0 aliphatic carbocycles. The van der Waals surface area contributed by atoms with Gasteiger partial charge in [-0.05, 0) is 53.3 Å². The SMILES string of the molecule is CCOC(=O)N1[C@@H]2CC[C@H]1C=C(C#CCC(C)(C)O[Si](C)(C)C)C2. The highest BCUT2D eigenvalue weighted by molar-refractivity contribution is 6.69. The predicted molar refractivity (Wildman–Crippen MR) is 99.3 cm³/mol. The molecule has 2 aliphatic heterocycles. The average molecular weight is 350 g/mol. The van der Waals surface area contributed by atoms with Gasteiger partial charge in [-0.15, -0.1) is 0 Å². The number of ether oxygens (including phenoxy) is 1. The van der Waals surface area contributed by atoms with Crippen molar-refractivity contribution < 1.29 is 14.0 Å². The summed E-state index contributed by atoms with van der Waals surface area (Å²) in [4.78, 5) is 14.0. The Hall–Kier alpha value is -1.25. The fourth-order valence-corrected chi connectivity index (χ4v) is 5.37. The van der Waals surface area contributed by atoms with Crippen molar-refractivity contribution in [2.75, 3.05) is 6.61 Å². The molecule has 2 atom stereocenters. The molecule has 24 heavy (non-hydrogen) atoms. The molecule has 0 aromatic rings. The van der Waals surface area contributed by atoms with Gasteiger partial charge in [0.25, 0.3) is 0 Å². The number of hydrogen-bond acceptors (Lipinski definition) is 3. The van der Waals surface area contributed by atoms with E-state index in [1.807, 2.05) is 11.8 Å². The number of amides is 1. The lowest BCUT2D eigenvalue weighted by atomic mass is 10.0. The van der Waals surface area contributed by atoms with Crippen molar-refractivity contribution in [1.82, 2.24) is 4.90 Å². The third-order valence-electron chi connectivity index (χ3n) is 4.22. The first kappa shape index (κ1) is 19.1. The van der Waals surface area contributed by atoms with Gasteiger partial charge in [0.1, 0.15) is 0 Å². The predicted octanol–water partition coefficient (Wildman–Crippen LogP) is 4.33. The Morgan fingerprint density at radius 1 is 1.38 bits per heavy atom. The molecule has 0 radical (unpaired) electrons. The van der Waals surface area contributed by atoms with Crippen LogP contribution in [0.5, 0.6) is 0 Å². The van der Waals surface area contributed by atoms with Crippen molar-refractivity contribution in [1.29, 1.82) is 0 Å². The van der Waals surface area contributed by atoms with Crippen LogP contribution in [0.3, 0.4) is 0 Å². The lowest BCUT2D eigenvalue weighted by Gasteiger charge is -2.32. The second-order valence-corrected chi connectivity index (χ2v) is 12.7. The van der Waals surface area contributed by atoms with Gasteiger partial charge in [-0.1, -0.05) is 17.9 Å². The molecule has 2 bridgehead atoms. The van der Waals surface area contributed by atoms with Crippen LogP contribution < -0.4 is 0 Å². The third-order valence-corrected chi connectivity index (χ3v) is 5.38. The summed E-state index contributed by atoms with van der Waals surface area (Å²) in [6.45, 7) is 13.1. The number of rotatable bonds is 4.